The number of benzene rings is 1. The van der Waals surface area contributed by atoms with Crippen LogP contribution in [0.2, 0.25) is 5.02 Å². The predicted molar refractivity (Wildman–Crippen MR) is 72.7 cm³/mol. The Morgan fingerprint density at radius 2 is 1.94 bits per heavy atom. The minimum Gasteiger partial charge on any atom is -0.497 e. The highest BCUT2D eigenvalue weighted by Gasteiger charge is 2.13. The van der Waals surface area contributed by atoms with Crippen LogP contribution in [0.4, 0.5) is 5.82 Å². The van der Waals surface area contributed by atoms with Crippen molar-refractivity contribution in [3.63, 3.8) is 0 Å². The highest BCUT2D eigenvalue weighted by molar-refractivity contribution is 6.30. The fraction of sp³-hybridized carbons (Fsp3) is 0.154. The Kier molecular flexibility index (Phi) is 3.69. The summed E-state index contributed by atoms with van der Waals surface area (Å²) in [6, 6.07) is 8.86. The number of aromatic nitrogens is 1. The van der Waals surface area contributed by atoms with E-state index >= 15 is 0 Å². The van der Waals surface area contributed by atoms with Crippen LogP contribution in [0.5, 0.6) is 5.75 Å². The van der Waals surface area contributed by atoms with E-state index in [0.29, 0.717) is 16.4 Å². The Bertz CT molecular complexity index is 542. The molecule has 1 aromatic heterocycles. The van der Waals surface area contributed by atoms with Crippen molar-refractivity contribution in [1.82, 2.24) is 4.98 Å². The maximum Gasteiger partial charge on any atom is 0.128 e. The molecule has 0 saturated heterocycles. The monoisotopic (exact) mass is 263 g/mol. The van der Waals surface area contributed by atoms with Gasteiger partial charge in [-0.1, -0.05) is 23.7 Å². The summed E-state index contributed by atoms with van der Waals surface area (Å²) in [5.41, 5.74) is 13.6. The second-order valence-electron chi connectivity index (χ2n) is 3.88. The zero-order valence-corrected chi connectivity index (χ0v) is 10.7. The van der Waals surface area contributed by atoms with Gasteiger partial charge in [-0.05, 0) is 23.8 Å². The number of anilines is 1. The van der Waals surface area contributed by atoms with E-state index in [1.807, 2.05) is 24.3 Å². The van der Waals surface area contributed by atoms with E-state index in [-0.39, 0.29) is 6.04 Å². The molecule has 1 aromatic carbocycles. The third kappa shape index (κ3) is 2.55. The van der Waals surface area contributed by atoms with Gasteiger partial charge in [0, 0.05) is 11.8 Å². The molecule has 1 atom stereocenters. The van der Waals surface area contributed by atoms with Gasteiger partial charge in [0.2, 0.25) is 0 Å². The molecule has 0 aliphatic carbocycles. The van der Waals surface area contributed by atoms with Crippen molar-refractivity contribution in [1.29, 1.82) is 0 Å². The van der Waals surface area contributed by atoms with Crippen molar-refractivity contribution in [2.24, 2.45) is 5.73 Å². The van der Waals surface area contributed by atoms with E-state index in [9.17, 15) is 0 Å². The van der Waals surface area contributed by atoms with Gasteiger partial charge in [0.25, 0.3) is 0 Å². The highest BCUT2D eigenvalue weighted by atomic mass is 35.5. The third-order valence-electron chi connectivity index (χ3n) is 2.73. The van der Waals surface area contributed by atoms with E-state index in [1.165, 1.54) is 6.20 Å². The summed E-state index contributed by atoms with van der Waals surface area (Å²) in [6.45, 7) is 0. The number of nitrogens with two attached hydrogens (primary N) is 2. The van der Waals surface area contributed by atoms with Crippen LogP contribution < -0.4 is 16.2 Å². The van der Waals surface area contributed by atoms with Crippen molar-refractivity contribution in [2.75, 3.05) is 12.8 Å². The van der Waals surface area contributed by atoms with Crippen LogP contribution in [-0.2, 0) is 0 Å². The van der Waals surface area contributed by atoms with E-state index in [4.69, 9.17) is 27.8 Å². The van der Waals surface area contributed by atoms with E-state index in [0.717, 1.165) is 11.3 Å². The number of halogens is 1. The topological polar surface area (TPSA) is 74.2 Å². The summed E-state index contributed by atoms with van der Waals surface area (Å²) < 4.78 is 5.10. The van der Waals surface area contributed by atoms with E-state index in [1.54, 1.807) is 13.2 Å². The Morgan fingerprint density at radius 3 is 2.56 bits per heavy atom. The molecule has 0 amide bonds. The number of hydrogen-bond acceptors (Lipinski definition) is 4. The van der Waals surface area contributed by atoms with Gasteiger partial charge in [-0.15, -0.1) is 0 Å². The molecule has 0 saturated carbocycles. The molecule has 0 bridgehead atoms. The van der Waals surface area contributed by atoms with Crippen molar-refractivity contribution < 1.29 is 4.74 Å². The quantitative estimate of drug-likeness (QED) is 0.892. The molecule has 1 unspecified atom stereocenters. The molecule has 1 heterocycles. The molecule has 0 aliphatic heterocycles. The molecule has 4 N–H and O–H groups in total. The molecule has 0 radical (unpaired) electrons. The Morgan fingerprint density at radius 1 is 1.28 bits per heavy atom. The van der Waals surface area contributed by atoms with Gasteiger partial charge in [-0.3, -0.25) is 0 Å². The molecule has 0 fully saturated rings. The van der Waals surface area contributed by atoms with E-state index in [2.05, 4.69) is 4.98 Å². The Labute approximate surface area is 111 Å². The fourth-order valence-corrected chi connectivity index (χ4v) is 1.87. The van der Waals surface area contributed by atoms with Crippen molar-refractivity contribution >= 4 is 17.4 Å². The molecule has 0 spiro atoms. The van der Waals surface area contributed by atoms with Crippen molar-refractivity contribution in [2.45, 2.75) is 6.04 Å². The number of ether oxygens (including phenoxy) is 1. The SMILES string of the molecule is COc1ccc(C(N)c2cc(Cl)cnc2N)cc1. The Hall–Kier alpha value is -1.78. The van der Waals surface area contributed by atoms with Crippen LogP contribution in [0.1, 0.15) is 17.2 Å². The van der Waals surface area contributed by atoms with Crippen molar-refractivity contribution in [3.8, 4) is 5.75 Å². The first-order chi connectivity index (χ1) is 8.61. The lowest BCUT2D eigenvalue weighted by molar-refractivity contribution is 0.414. The average Bonchev–Trinajstić information content (AvgIpc) is 2.41. The van der Waals surface area contributed by atoms with Gasteiger partial charge in [-0.25, -0.2) is 4.98 Å². The second-order valence-corrected chi connectivity index (χ2v) is 4.32. The van der Waals surface area contributed by atoms with Gasteiger partial charge in [0.15, 0.2) is 0 Å². The molecule has 2 rings (SSSR count). The summed E-state index contributed by atoms with van der Waals surface area (Å²) in [5.74, 6) is 1.17. The molecular formula is C13H14ClN3O. The number of nitrogens with zero attached hydrogens (tertiary/aromatic N) is 1. The average molecular weight is 264 g/mol. The molecule has 2 aromatic rings. The molecule has 5 heteroatoms. The highest BCUT2D eigenvalue weighted by Crippen LogP contribution is 2.26. The first-order valence-electron chi connectivity index (χ1n) is 5.42. The standard InChI is InChI=1S/C13H14ClN3O/c1-18-10-4-2-8(3-5-10)12(15)11-6-9(14)7-17-13(11)16/h2-7,12H,15H2,1H3,(H2,16,17). The second kappa shape index (κ2) is 5.25. The zero-order chi connectivity index (χ0) is 13.1. The van der Waals surface area contributed by atoms with Crippen LogP contribution in [0.3, 0.4) is 0 Å². The maximum absolute atomic E-state index is 6.16. The van der Waals surface area contributed by atoms with Crippen molar-refractivity contribution in [3.05, 3.63) is 52.7 Å². The summed E-state index contributed by atoms with van der Waals surface area (Å²) in [4.78, 5) is 4.00. The normalized spacial score (nSPS) is 12.2. The lowest BCUT2D eigenvalue weighted by Gasteiger charge is -2.14. The zero-order valence-electron chi connectivity index (χ0n) is 9.93. The van der Waals surface area contributed by atoms with Crippen LogP contribution in [-0.4, -0.2) is 12.1 Å². The molecule has 18 heavy (non-hydrogen) atoms. The van der Waals surface area contributed by atoms with Gasteiger partial charge in [0.1, 0.15) is 11.6 Å². The van der Waals surface area contributed by atoms with Crippen LogP contribution >= 0.6 is 11.6 Å². The lowest BCUT2D eigenvalue weighted by Crippen LogP contribution is -2.14. The minimum atomic E-state index is -0.359. The van der Waals surface area contributed by atoms with E-state index < -0.39 is 0 Å². The molecule has 4 nitrogen and oxygen atoms in total. The largest absolute Gasteiger partial charge is 0.497 e. The summed E-state index contributed by atoms with van der Waals surface area (Å²) in [7, 11) is 1.62. The number of rotatable bonds is 3. The van der Waals surface area contributed by atoms with Gasteiger partial charge in [0.05, 0.1) is 18.2 Å². The third-order valence-corrected chi connectivity index (χ3v) is 2.93. The lowest BCUT2D eigenvalue weighted by atomic mass is 10.0. The summed E-state index contributed by atoms with van der Waals surface area (Å²) >= 11 is 5.90. The maximum atomic E-state index is 6.16. The number of methoxy groups -OCH3 is 1. The van der Waals surface area contributed by atoms with Gasteiger partial charge < -0.3 is 16.2 Å². The summed E-state index contributed by atoms with van der Waals surface area (Å²) in [5, 5.41) is 0.517. The Balaban J connectivity index is 2.34. The summed E-state index contributed by atoms with van der Waals surface area (Å²) in [6.07, 6.45) is 1.50. The number of hydrogen-bond donors (Lipinski definition) is 2. The molecular weight excluding hydrogens is 250 g/mol. The molecule has 94 valence electrons. The first kappa shape index (κ1) is 12.7. The fourth-order valence-electron chi connectivity index (χ4n) is 1.71. The van der Waals surface area contributed by atoms with Gasteiger partial charge in [-0.2, -0.15) is 0 Å². The van der Waals surface area contributed by atoms with Gasteiger partial charge >= 0.3 is 0 Å². The predicted octanol–water partition coefficient (Wildman–Crippen LogP) is 2.37. The van der Waals surface area contributed by atoms with Crippen LogP contribution in [0, 0.1) is 0 Å². The first-order valence-corrected chi connectivity index (χ1v) is 5.80. The van der Waals surface area contributed by atoms with Crippen LogP contribution in [0.15, 0.2) is 36.5 Å². The minimum absolute atomic E-state index is 0.359. The smallest absolute Gasteiger partial charge is 0.128 e. The molecule has 0 aliphatic rings. The number of nitrogen functional groups attached to an aromatic ring is 1. The van der Waals surface area contributed by atoms with Crippen LogP contribution in [0.25, 0.3) is 0 Å². The number of pyridine rings is 1.